The molecule has 0 saturated heterocycles. The van der Waals surface area contributed by atoms with Crippen LogP contribution >= 0.6 is 11.6 Å². The zero-order valence-electron chi connectivity index (χ0n) is 7.75. The standard InChI is InChI=1S/C9H13ClO3/c1-3-13-9(12)8(7(2)11)5-4-6-10/h4,6,8H,3,5H2,1-2H3/b6-4-. The Labute approximate surface area is 82.7 Å². The van der Waals surface area contributed by atoms with Gasteiger partial charge in [-0.1, -0.05) is 17.7 Å². The summed E-state index contributed by atoms with van der Waals surface area (Å²) in [6.07, 6.45) is 1.86. The number of ketones is 1. The molecule has 13 heavy (non-hydrogen) atoms. The van der Waals surface area contributed by atoms with E-state index in [0.29, 0.717) is 6.42 Å². The van der Waals surface area contributed by atoms with E-state index < -0.39 is 11.9 Å². The molecule has 0 heterocycles. The summed E-state index contributed by atoms with van der Waals surface area (Å²) in [5.41, 5.74) is 1.29. The second kappa shape index (κ2) is 6.66. The van der Waals surface area contributed by atoms with E-state index in [9.17, 15) is 9.59 Å². The predicted molar refractivity (Wildman–Crippen MR) is 50.4 cm³/mol. The molecule has 0 aromatic rings. The Hall–Kier alpha value is -0.830. The van der Waals surface area contributed by atoms with Crippen LogP contribution in [0.5, 0.6) is 0 Å². The zero-order chi connectivity index (χ0) is 10.3. The number of halogens is 1. The minimum atomic E-state index is -0.713. The van der Waals surface area contributed by atoms with Crippen molar-refractivity contribution < 1.29 is 14.3 Å². The molecule has 0 spiro atoms. The first-order valence-electron chi connectivity index (χ1n) is 4.05. The maximum atomic E-state index is 11.2. The molecule has 0 aliphatic carbocycles. The number of ether oxygens (including phenoxy) is 1. The van der Waals surface area contributed by atoms with Gasteiger partial charge in [0.15, 0.2) is 0 Å². The van der Waals surface area contributed by atoms with E-state index in [1.54, 1.807) is 13.0 Å². The molecule has 0 radical (unpaired) electrons. The Balaban J connectivity index is 4.23. The maximum absolute atomic E-state index is 11.2. The Morgan fingerprint density at radius 3 is 2.54 bits per heavy atom. The van der Waals surface area contributed by atoms with Crippen molar-refractivity contribution in [3.8, 4) is 0 Å². The van der Waals surface area contributed by atoms with Gasteiger partial charge in [-0.2, -0.15) is 0 Å². The highest BCUT2D eigenvalue weighted by Crippen LogP contribution is 2.08. The second-order valence-electron chi connectivity index (χ2n) is 2.51. The van der Waals surface area contributed by atoms with Crippen molar-refractivity contribution in [2.75, 3.05) is 6.61 Å². The largest absolute Gasteiger partial charge is 0.465 e. The van der Waals surface area contributed by atoms with Crippen LogP contribution in [0.4, 0.5) is 0 Å². The van der Waals surface area contributed by atoms with Crippen LogP contribution < -0.4 is 0 Å². The van der Waals surface area contributed by atoms with E-state index in [-0.39, 0.29) is 12.4 Å². The molecule has 0 aromatic heterocycles. The molecule has 0 fully saturated rings. The average molecular weight is 205 g/mol. The van der Waals surface area contributed by atoms with Gasteiger partial charge < -0.3 is 4.74 Å². The van der Waals surface area contributed by atoms with Gasteiger partial charge in [0.2, 0.25) is 0 Å². The lowest BCUT2D eigenvalue weighted by atomic mass is 10.0. The lowest BCUT2D eigenvalue weighted by Crippen LogP contribution is -2.23. The minimum absolute atomic E-state index is 0.201. The van der Waals surface area contributed by atoms with Crippen LogP contribution in [0.1, 0.15) is 20.3 Å². The van der Waals surface area contributed by atoms with Gasteiger partial charge in [0.25, 0.3) is 0 Å². The summed E-state index contributed by atoms with van der Waals surface area (Å²) >= 11 is 5.29. The van der Waals surface area contributed by atoms with Crippen molar-refractivity contribution in [3.05, 3.63) is 11.6 Å². The number of carbonyl (C=O) groups excluding carboxylic acids is 2. The Morgan fingerprint density at radius 2 is 2.15 bits per heavy atom. The molecular weight excluding hydrogens is 192 g/mol. The van der Waals surface area contributed by atoms with E-state index in [4.69, 9.17) is 16.3 Å². The molecule has 4 heteroatoms. The van der Waals surface area contributed by atoms with E-state index in [1.165, 1.54) is 12.5 Å². The fraction of sp³-hybridized carbons (Fsp3) is 0.556. The number of carbonyl (C=O) groups is 2. The van der Waals surface area contributed by atoms with Gasteiger partial charge in [-0.25, -0.2) is 0 Å². The molecule has 1 unspecified atom stereocenters. The average Bonchev–Trinajstić information content (AvgIpc) is 2.05. The number of esters is 1. The third-order valence-electron chi connectivity index (χ3n) is 1.52. The fourth-order valence-corrected chi connectivity index (χ4v) is 0.961. The summed E-state index contributed by atoms with van der Waals surface area (Å²) in [4.78, 5) is 22.2. The van der Waals surface area contributed by atoms with Crippen LogP contribution in [0.2, 0.25) is 0 Å². The van der Waals surface area contributed by atoms with E-state index >= 15 is 0 Å². The Kier molecular flexibility index (Phi) is 6.24. The van der Waals surface area contributed by atoms with Gasteiger partial charge in [-0.15, -0.1) is 0 Å². The van der Waals surface area contributed by atoms with Gasteiger partial charge in [0.05, 0.1) is 6.61 Å². The second-order valence-corrected chi connectivity index (χ2v) is 2.76. The normalized spacial score (nSPS) is 12.8. The van der Waals surface area contributed by atoms with Crippen molar-refractivity contribution in [1.29, 1.82) is 0 Å². The Bertz CT molecular complexity index is 211. The smallest absolute Gasteiger partial charge is 0.316 e. The molecule has 1 atom stereocenters. The number of rotatable bonds is 5. The van der Waals surface area contributed by atoms with Crippen molar-refractivity contribution in [2.45, 2.75) is 20.3 Å². The molecule has 74 valence electrons. The highest BCUT2D eigenvalue weighted by Gasteiger charge is 2.22. The topological polar surface area (TPSA) is 43.4 Å². The van der Waals surface area contributed by atoms with Crippen LogP contribution in [-0.2, 0) is 14.3 Å². The number of allylic oxidation sites excluding steroid dienone is 1. The van der Waals surface area contributed by atoms with E-state index in [2.05, 4.69) is 0 Å². The zero-order valence-corrected chi connectivity index (χ0v) is 8.50. The maximum Gasteiger partial charge on any atom is 0.316 e. The summed E-state index contributed by atoms with van der Waals surface area (Å²) in [6.45, 7) is 3.35. The molecule has 0 saturated carbocycles. The van der Waals surface area contributed by atoms with Crippen LogP contribution in [0.25, 0.3) is 0 Å². The van der Waals surface area contributed by atoms with Gasteiger partial charge in [0, 0.05) is 5.54 Å². The number of hydrogen-bond acceptors (Lipinski definition) is 3. The van der Waals surface area contributed by atoms with Crippen LogP contribution in [0.3, 0.4) is 0 Å². The van der Waals surface area contributed by atoms with E-state index in [1.807, 2.05) is 0 Å². The molecule has 3 nitrogen and oxygen atoms in total. The highest BCUT2D eigenvalue weighted by atomic mass is 35.5. The molecule has 0 rings (SSSR count). The van der Waals surface area contributed by atoms with Crippen LogP contribution in [-0.4, -0.2) is 18.4 Å². The van der Waals surface area contributed by atoms with Crippen molar-refractivity contribution in [2.24, 2.45) is 5.92 Å². The Morgan fingerprint density at radius 1 is 1.54 bits per heavy atom. The number of hydrogen-bond donors (Lipinski definition) is 0. The van der Waals surface area contributed by atoms with Crippen molar-refractivity contribution >= 4 is 23.4 Å². The molecule has 0 amide bonds. The summed E-state index contributed by atoms with van der Waals surface area (Å²) in [5.74, 6) is -1.40. The summed E-state index contributed by atoms with van der Waals surface area (Å²) < 4.78 is 4.73. The molecule has 0 N–H and O–H groups in total. The van der Waals surface area contributed by atoms with Crippen molar-refractivity contribution in [3.63, 3.8) is 0 Å². The molecule has 0 bridgehead atoms. The molecular formula is C9H13ClO3. The van der Waals surface area contributed by atoms with Gasteiger partial charge >= 0.3 is 5.97 Å². The van der Waals surface area contributed by atoms with Gasteiger partial charge in [-0.3, -0.25) is 9.59 Å². The minimum Gasteiger partial charge on any atom is -0.465 e. The van der Waals surface area contributed by atoms with Crippen LogP contribution in [0, 0.1) is 5.92 Å². The summed E-state index contributed by atoms with van der Waals surface area (Å²) in [6, 6.07) is 0. The first-order chi connectivity index (χ1) is 6.13. The third-order valence-corrected chi connectivity index (χ3v) is 1.70. The quantitative estimate of drug-likeness (QED) is 0.508. The first-order valence-corrected chi connectivity index (χ1v) is 4.49. The lowest BCUT2D eigenvalue weighted by molar-refractivity contribution is -0.150. The molecule has 0 aliphatic heterocycles. The predicted octanol–water partition coefficient (Wildman–Crippen LogP) is 1.90. The molecule has 0 aromatic carbocycles. The third kappa shape index (κ3) is 4.68. The van der Waals surface area contributed by atoms with Crippen LogP contribution in [0.15, 0.2) is 11.6 Å². The van der Waals surface area contributed by atoms with Crippen molar-refractivity contribution in [1.82, 2.24) is 0 Å². The summed E-state index contributed by atoms with van der Waals surface area (Å²) in [5, 5.41) is 0. The van der Waals surface area contributed by atoms with Gasteiger partial charge in [0.1, 0.15) is 11.7 Å². The molecule has 0 aliphatic rings. The number of Topliss-reactive ketones (excluding diaryl/α,β-unsaturated/α-hetero) is 1. The monoisotopic (exact) mass is 204 g/mol. The fourth-order valence-electron chi connectivity index (χ4n) is 0.859. The van der Waals surface area contributed by atoms with E-state index in [0.717, 1.165) is 0 Å². The SMILES string of the molecule is CCOC(=O)C(C/C=C\Cl)C(C)=O. The first kappa shape index (κ1) is 12.2. The summed E-state index contributed by atoms with van der Waals surface area (Å²) in [7, 11) is 0. The highest BCUT2D eigenvalue weighted by molar-refractivity contribution is 6.25. The lowest BCUT2D eigenvalue weighted by Gasteiger charge is -2.09. The van der Waals surface area contributed by atoms with Gasteiger partial charge in [-0.05, 0) is 20.3 Å².